The average Bonchev–Trinajstić information content (AvgIpc) is 3.10. The first-order valence-corrected chi connectivity index (χ1v) is 6.10. The van der Waals surface area contributed by atoms with Gasteiger partial charge in [0, 0.05) is 4.47 Å². The molecule has 0 aliphatic carbocycles. The molecule has 0 bridgehead atoms. The number of benzene rings is 2. The molecule has 0 N–H and O–H groups in total. The molecular formula is C14H11BrO. The molecule has 16 heavy (non-hydrogen) atoms. The molecule has 2 aromatic carbocycles. The van der Waals surface area contributed by atoms with Gasteiger partial charge in [-0.05, 0) is 23.3 Å². The normalized spacial score (nSPS) is 23.1. The maximum atomic E-state index is 5.72. The van der Waals surface area contributed by atoms with Crippen molar-refractivity contribution in [1.29, 1.82) is 0 Å². The minimum absolute atomic E-state index is 0.222. The number of hydrogen-bond acceptors (Lipinski definition) is 1. The lowest BCUT2D eigenvalue weighted by atomic mass is 10.0. The molecule has 1 saturated heterocycles. The van der Waals surface area contributed by atoms with Crippen molar-refractivity contribution in [1.82, 2.24) is 0 Å². The van der Waals surface area contributed by atoms with Gasteiger partial charge in [-0.1, -0.05) is 58.4 Å². The summed E-state index contributed by atoms with van der Waals surface area (Å²) in [5.74, 6) is 0. The Morgan fingerprint density at radius 2 is 1.50 bits per heavy atom. The fraction of sp³-hybridized carbons (Fsp3) is 0.143. The number of rotatable bonds is 2. The van der Waals surface area contributed by atoms with Crippen LogP contribution >= 0.6 is 15.9 Å². The molecule has 1 aliphatic rings. The second-order valence-electron chi connectivity index (χ2n) is 3.94. The Hall–Kier alpha value is -1.12. The van der Waals surface area contributed by atoms with Gasteiger partial charge in [0.15, 0.2) is 0 Å². The van der Waals surface area contributed by atoms with E-state index in [-0.39, 0.29) is 12.2 Å². The van der Waals surface area contributed by atoms with Crippen LogP contribution < -0.4 is 0 Å². The van der Waals surface area contributed by atoms with Crippen LogP contribution in [-0.2, 0) is 4.74 Å². The summed E-state index contributed by atoms with van der Waals surface area (Å²) < 4.78 is 6.83. The largest absolute Gasteiger partial charge is 0.359 e. The van der Waals surface area contributed by atoms with Crippen molar-refractivity contribution < 1.29 is 4.74 Å². The summed E-state index contributed by atoms with van der Waals surface area (Å²) in [6, 6.07) is 18.7. The topological polar surface area (TPSA) is 12.5 Å². The Morgan fingerprint density at radius 1 is 0.812 bits per heavy atom. The van der Waals surface area contributed by atoms with Gasteiger partial charge >= 0.3 is 0 Å². The molecule has 0 radical (unpaired) electrons. The molecule has 1 aliphatic heterocycles. The number of halogens is 1. The molecule has 3 rings (SSSR count). The van der Waals surface area contributed by atoms with Crippen LogP contribution in [0, 0.1) is 0 Å². The third-order valence-corrected chi connectivity index (χ3v) is 3.29. The van der Waals surface area contributed by atoms with E-state index < -0.39 is 0 Å². The molecule has 2 aromatic rings. The van der Waals surface area contributed by atoms with Crippen LogP contribution in [0.4, 0.5) is 0 Å². The summed E-state index contributed by atoms with van der Waals surface area (Å²) in [7, 11) is 0. The molecule has 1 nitrogen and oxygen atoms in total. The first-order chi connectivity index (χ1) is 7.84. The number of ether oxygens (including phenoxy) is 1. The van der Waals surface area contributed by atoms with E-state index in [4.69, 9.17) is 4.74 Å². The fourth-order valence-corrected chi connectivity index (χ4v) is 2.36. The second-order valence-corrected chi connectivity index (χ2v) is 4.86. The van der Waals surface area contributed by atoms with Gasteiger partial charge in [0.25, 0.3) is 0 Å². The van der Waals surface area contributed by atoms with E-state index in [1.54, 1.807) is 0 Å². The third kappa shape index (κ3) is 1.91. The van der Waals surface area contributed by atoms with Gasteiger partial charge < -0.3 is 4.74 Å². The van der Waals surface area contributed by atoms with E-state index in [9.17, 15) is 0 Å². The molecule has 1 fully saturated rings. The first kappa shape index (κ1) is 10.1. The minimum Gasteiger partial charge on any atom is -0.359 e. The first-order valence-electron chi connectivity index (χ1n) is 5.30. The molecule has 2 unspecified atom stereocenters. The Balaban J connectivity index is 1.82. The fourth-order valence-electron chi connectivity index (χ4n) is 1.95. The van der Waals surface area contributed by atoms with Crippen LogP contribution in [0.25, 0.3) is 0 Å². The number of hydrogen-bond donors (Lipinski definition) is 0. The van der Waals surface area contributed by atoms with E-state index in [0.29, 0.717) is 0 Å². The standard InChI is InChI=1S/C14H11BrO/c15-12-8-4-7-11(9-12)14-13(16-14)10-5-2-1-3-6-10/h1-9,13-14H. The average molecular weight is 275 g/mol. The van der Waals surface area contributed by atoms with Crippen molar-refractivity contribution in [2.45, 2.75) is 12.2 Å². The van der Waals surface area contributed by atoms with Crippen molar-refractivity contribution in [3.63, 3.8) is 0 Å². The Labute approximate surface area is 103 Å². The van der Waals surface area contributed by atoms with E-state index in [1.165, 1.54) is 11.1 Å². The quantitative estimate of drug-likeness (QED) is 0.746. The highest BCUT2D eigenvalue weighted by Crippen LogP contribution is 2.50. The second kappa shape index (κ2) is 4.04. The van der Waals surface area contributed by atoms with Gasteiger partial charge in [0.1, 0.15) is 12.2 Å². The van der Waals surface area contributed by atoms with Crippen molar-refractivity contribution in [3.05, 3.63) is 70.2 Å². The zero-order chi connectivity index (χ0) is 11.0. The summed E-state index contributed by atoms with van der Waals surface area (Å²) in [4.78, 5) is 0. The van der Waals surface area contributed by atoms with Gasteiger partial charge in [-0.25, -0.2) is 0 Å². The van der Waals surface area contributed by atoms with Gasteiger partial charge in [-0.2, -0.15) is 0 Å². The molecule has 0 aromatic heterocycles. The summed E-state index contributed by atoms with van der Waals surface area (Å²) in [6.07, 6.45) is 0.454. The Bertz CT molecular complexity index is 495. The Kier molecular flexibility index (Phi) is 2.54. The lowest BCUT2D eigenvalue weighted by Gasteiger charge is -1.97. The van der Waals surface area contributed by atoms with Gasteiger partial charge in [-0.15, -0.1) is 0 Å². The summed E-state index contributed by atoms with van der Waals surface area (Å²) in [5.41, 5.74) is 2.50. The Morgan fingerprint density at radius 3 is 2.25 bits per heavy atom. The van der Waals surface area contributed by atoms with Crippen LogP contribution in [0.5, 0.6) is 0 Å². The van der Waals surface area contributed by atoms with Crippen molar-refractivity contribution in [3.8, 4) is 0 Å². The van der Waals surface area contributed by atoms with E-state index >= 15 is 0 Å². The molecular weight excluding hydrogens is 264 g/mol. The molecule has 0 amide bonds. The monoisotopic (exact) mass is 274 g/mol. The lowest BCUT2D eigenvalue weighted by Crippen LogP contribution is -1.83. The molecule has 1 heterocycles. The molecule has 0 spiro atoms. The predicted molar refractivity (Wildman–Crippen MR) is 67.2 cm³/mol. The molecule has 80 valence electrons. The van der Waals surface area contributed by atoms with Crippen molar-refractivity contribution in [2.75, 3.05) is 0 Å². The lowest BCUT2D eigenvalue weighted by molar-refractivity contribution is 0.377. The van der Waals surface area contributed by atoms with Crippen LogP contribution in [0.3, 0.4) is 0 Å². The highest BCUT2D eigenvalue weighted by atomic mass is 79.9. The van der Waals surface area contributed by atoms with Crippen LogP contribution in [0.15, 0.2) is 59.1 Å². The van der Waals surface area contributed by atoms with Crippen LogP contribution in [0.2, 0.25) is 0 Å². The van der Waals surface area contributed by atoms with E-state index in [0.717, 1.165) is 4.47 Å². The third-order valence-electron chi connectivity index (χ3n) is 2.80. The number of epoxide rings is 1. The van der Waals surface area contributed by atoms with Gasteiger partial charge in [-0.3, -0.25) is 0 Å². The van der Waals surface area contributed by atoms with E-state index in [2.05, 4.69) is 52.3 Å². The van der Waals surface area contributed by atoms with Crippen LogP contribution in [0.1, 0.15) is 23.3 Å². The summed E-state index contributed by atoms with van der Waals surface area (Å²) in [5, 5.41) is 0. The van der Waals surface area contributed by atoms with Gasteiger partial charge in [0.2, 0.25) is 0 Å². The smallest absolute Gasteiger partial charge is 0.114 e. The van der Waals surface area contributed by atoms with E-state index in [1.807, 2.05) is 18.2 Å². The molecule has 0 saturated carbocycles. The minimum atomic E-state index is 0.222. The zero-order valence-corrected chi connectivity index (χ0v) is 10.2. The van der Waals surface area contributed by atoms with Crippen LogP contribution in [-0.4, -0.2) is 0 Å². The molecule has 2 atom stereocenters. The maximum absolute atomic E-state index is 5.72. The maximum Gasteiger partial charge on any atom is 0.114 e. The highest BCUT2D eigenvalue weighted by molar-refractivity contribution is 9.10. The van der Waals surface area contributed by atoms with Gasteiger partial charge in [0.05, 0.1) is 0 Å². The van der Waals surface area contributed by atoms with Crippen molar-refractivity contribution in [2.24, 2.45) is 0 Å². The summed E-state index contributed by atoms with van der Waals surface area (Å²) >= 11 is 3.48. The zero-order valence-electron chi connectivity index (χ0n) is 8.64. The molecule has 2 heteroatoms. The van der Waals surface area contributed by atoms with Crippen molar-refractivity contribution >= 4 is 15.9 Å². The highest BCUT2D eigenvalue weighted by Gasteiger charge is 2.41. The SMILES string of the molecule is Brc1cccc(C2OC2c2ccccc2)c1. The predicted octanol–water partition coefficient (Wildman–Crippen LogP) is 4.26. The summed E-state index contributed by atoms with van der Waals surface area (Å²) in [6.45, 7) is 0.